The van der Waals surface area contributed by atoms with E-state index in [2.05, 4.69) is 9.47 Å². The molecule has 31 heavy (non-hydrogen) atoms. The van der Waals surface area contributed by atoms with Crippen molar-refractivity contribution in [1.29, 1.82) is 0 Å². The number of ether oxygens (including phenoxy) is 2. The highest BCUT2D eigenvalue weighted by Crippen LogP contribution is 2.47. The fourth-order valence-electron chi connectivity index (χ4n) is 1.66. The number of carbonyl (C=O) groups is 3. The maximum Gasteiger partial charge on any atom is 0.422 e. The predicted octanol–water partition coefficient (Wildman–Crippen LogP) is 4.51. The van der Waals surface area contributed by atoms with Crippen LogP contribution in [0.1, 0.15) is 10.4 Å². The Kier molecular flexibility index (Phi) is 8.10. The van der Waals surface area contributed by atoms with E-state index in [-0.39, 0.29) is 3.57 Å². The molecule has 0 fully saturated rings. The predicted molar refractivity (Wildman–Crippen MR) is 96.3 cm³/mol. The number of carboxylic acid groups (broad SMARTS) is 1. The second-order valence-corrected chi connectivity index (χ2v) is 7.78. The second kappa shape index (κ2) is 9.14. The van der Waals surface area contributed by atoms with Crippen LogP contribution < -0.4 is 4.74 Å². The number of halogens is 11. The first-order valence-electron chi connectivity index (χ1n) is 7.07. The molecule has 0 radical (unpaired) electrons. The van der Waals surface area contributed by atoms with Crippen molar-refractivity contribution in [2.45, 2.75) is 23.9 Å². The molecule has 1 aromatic rings. The first kappa shape index (κ1) is 27.5. The summed E-state index contributed by atoms with van der Waals surface area (Å²) in [6.45, 7) is -2.15. The molecule has 17 heteroatoms. The monoisotopic (exact) mass is 694 g/mol. The van der Waals surface area contributed by atoms with E-state index in [9.17, 15) is 53.9 Å². The molecular weight excluding hydrogens is 689 g/mol. The Hall–Kier alpha value is -1.54. The maximum atomic E-state index is 13.7. The number of alkyl halides is 9. The Bertz CT molecular complexity index is 901. The SMILES string of the molecule is O=C(OCC(F)(F)F)c1cc(I)cc(I)c1OC(=O)C(F)(F)C(F)(F)C(F)(F)C(=O)O. The zero-order valence-corrected chi connectivity index (χ0v) is 18.3. The number of rotatable bonds is 7. The average molecular weight is 694 g/mol. The number of carboxylic acids is 1. The average Bonchev–Trinajstić information content (AvgIpc) is 2.60. The molecule has 0 heterocycles. The van der Waals surface area contributed by atoms with Crippen LogP contribution in [0.4, 0.5) is 39.5 Å². The number of hydrogen-bond acceptors (Lipinski definition) is 5. The third-order valence-corrected chi connectivity index (χ3v) is 4.53. The van der Waals surface area contributed by atoms with Gasteiger partial charge in [0.25, 0.3) is 0 Å². The molecule has 0 atom stereocenters. The van der Waals surface area contributed by atoms with Crippen LogP contribution in [0.5, 0.6) is 5.75 Å². The maximum absolute atomic E-state index is 13.7. The minimum absolute atomic E-state index is 0.0651. The van der Waals surface area contributed by atoms with E-state index < -0.39 is 63.3 Å². The molecule has 1 rings (SSSR count). The van der Waals surface area contributed by atoms with Gasteiger partial charge in [-0.25, -0.2) is 14.4 Å². The van der Waals surface area contributed by atoms with Crippen LogP contribution in [-0.4, -0.2) is 53.6 Å². The summed E-state index contributed by atoms with van der Waals surface area (Å²) < 4.78 is 125. The highest BCUT2D eigenvalue weighted by atomic mass is 127. The van der Waals surface area contributed by atoms with Gasteiger partial charge in [-0.3, -0.25) is 0 Å². The second-order valence-electron chi connectivity index (χ2n) is 5.37. The summed E-state index contributed by atoms with van der Waals surface area (Å²) in [6.07, 6.45) is -5.01. The van der Waals surface area contributed by atoms with Crippen molar-refractivity contribution in [2.24, 2.45) is 0 Å². The van der Waals surface area contributed by atoms with Crippen LogP contribution in [0.2, 0.25) is 0 Å². The van der Waals surface area contributed by atoms with E-state index >= 15 is 0 Å². The number of hydrogen-bond donors (Lipinski definition) is 1. The summed E-state index contributed by atoms with van der Waals surface area (Å²) in [5.41, 5.74) is -1.10. The lowest BCUT2D eigenvalue weighted by Gasteiger charge is -2.28. The smallest absolute Gasteiger partial charge is 0.422 e. The summed E-state index contributed by atoms with van der Waals surface area (Å²) in [4.78, 5) is 33.6. The van der Waals surface area contributed by atoms with Crippen LogP contribution in [0.25, 0.3) is 0 Å². The lowest BCUT2D eigenvalue weighted by Crippen LogP contribution is -2.61. The van der Waals surface area contributed by atoms with Crippen molar-refractivity contribution in [3.8, 4) is 5.75 Å². The fraction of sp³-hybridized carbons (Fsp3) is 0.357. The van der Waals surface area contributed by atoms with Gasteiger partial charge < -0.3 is 14.6 Å². The van der Waals surface area contributed by atoms with Crippen molar-refractivity contribution in [3.05, 3.63) is 24.8 Å². The Morgan fingerprint density at radius 2 is 1.42 bits per heavy atom. The van der Waals surface area contributed by atoms with Gasteiger partial charge in [0.2, 0.25) is 0 Å². The Balaban J connectivity index is 3.37. The van der Waals surface area contributed by atoms with Gasteiger partial charge in [0.05, 0.1) is 3.57 Å². The van der Waals surface area contributed by atoms with Gasteiger partial charge in [0, 0.05) is 3.57 Å². The molecular formula is C14H5F9I2O6. The van der Waals surface area contributed by atoms with Crippen molar-refractivity contribution < 1.29 is 68.5 Å². The highest BCUT2D eigenvalue weighted by molar-refractivity contribution is 14.1. The first-order chi connectivity index (χ1) is 13.8. The van der Waals surface area contributed by atoms with Crippen molar-refractivity contribution >= 4 is 63.1 Å². The van der Waals surface area contributed by atoms with Gasteiger partial charge in [-0.2, -0.15) is 39.5 Å². The molecule has 1 N–H and O–H groups in total. The zero-order chi connectivity index (χ0) is 24.6. The van der Waals surface area contributed by atoms with Crippen LogP contribution >= 0.6 is 45.2 Å². The standard InChI is InChI=1S/C14H5F9I2O6/c15-11(16,17)3-30-8(26)5-1-4(24)2-6(25)7(5)31-10(29)13(20,21)14(22,23)12(18,19)9(27)28/h1-2H,3H2,(H,27,28). The van der Waals surface area contributed by atoms with Crippen molar-refractivity contribution in [3.63, 3.8) is 0 Å². The molecule has 174 valence electrons. The summed E-state index contributed by atoms with van der Waals surface area (Å²) >= 11 is 2.71. The molecule has 0 amide bonds. The molecule has 0 aliphatic rings. The number of aliphatic carboxylic acids is 1. The van der Waals surface area contributed by atoms with Gasteiger partial charge in [-0.05, 0) is 57.3 Å². The van der Waals surface area contributed by atoms with Crippen LogP contribution in [0.3, 0.4) is 0 Å². The Morgan fingerprint density at radius 1 is 0.903 bits per heavy atom. The van der Waals surface area contributed by atoms with Gasteiger partial charge >= 0.3 is 41.9 Å². The Morgan fingerprint density at radius 3 is 1.87 bits per heavy atom. The van der Waals surface area contributed by atoms with Crippen molar-refractivity contribution in [1.82, 2.24) is 0 Å². The zero-order valence-electron chi connectivity index (χ0n) is 14.0. The molecule has 6 nitrogen and oxygen atoms in total. The summed E-state index contributed by atoms with van der Waals surface area (Å²) in [6, 6.07) is 1.67. The topological polar surface area (TPSA) is 89.9 Å². The molecule has 0 unspecified atom stereocenters. The van der Waals surface area contributed by atoms with Crippen molar-refractivity contribution in [2.75, 3.05) is 6.61 Å². The fourth-order valence-corrected chi connectivity index (χ4v) is 3.61. The molecule has 0 spiro atoms. The molecule has 0 saturated heterocycles. The van der Waals surface area contributed by atoms with Gasteiger partial charge in [-0.1, -0.05) is 0 Å². The highest BCUT2D eigenvalue weighted by Gasteiger charge is 2.79. The lowest BCUT2D eigenvalue weighted by atomic mass is 10.0. The van der Waals surface area contributed by atoms with E-state index in [0.29, 0.717) is 6.07 Å². The van der Waals surface area contributed by atoms with Gasteiger partial charge in [0.15, 0.2) is 12.4 Å². The van der Waals surface area contributed by atoms with E-state index in [4.69, 9.17) is 5.11 Å². The third-order valence-electron chi connectivity index (χ3n) is 3.10. The third kappa shape index (κ3) is 5.83. The molecule has 0 aliphatic carbocycles. The number of carbonyl (C=O) groups excluding carboxylic acids is 2. The number of esters is 2. The normalized spacial score (nSPS) is 13.0. The molecule has 0 bridgehead atoms. The summed E-state index contributed by atoms with van der Waals surface area (Å²) in [5, 5.41) is 8.06. The van der Waals surface area contributed by atoms with Crippen LogP contribution in [0.15, 0.2) is 12.1 Å². The first-order valence-corrected chi connectivity index (χ1v) is 9.23. The minimum Gasteiger partial charge on any atom is -0.477 e. The molecule has 0 aromatic heterocycles. The van der Waals surface area contributed by atoms with Crippen LogP contribution in [-0.2, 0) is 14.3 Å². The van der Waals surface area contributed by atoms with Gasteiger partial charge in [-0.15, -0.1) is 0 Å². The Labute approximate surface area is 192 Å². The number of benzene rings is 1. The van der Waals surface area contributed by atoms with E-state index in [1.165, 1.54) is 45.2 Å². The van der Waals surface area contributed by atoms with E-state index in [0.717, 1.165) is 6.07 Å². The molecule has 1 aromatic carbocycles. The quantitative estimate of drug-likeness (QED) is 0.196. The van der Waals surface area contributed by atoms with E-state index in [1.54, 1.807) is 0 Å². The summed E-state index contributed by atoms with van der Waals surface area (Å²) in [7, 11) is 0. The van der Waals surface area contributed by atoms with E-state index in [1.807, 2.05) is 0 Å². The van der Waals surface area contributed by atoms with Gasteiger partial charge in [0.1, 0.15) is 5.56 Å². The molecule has 0 aliphatic heterocycles. The summed E-state index contributed by atoms with van der Waals surface area (Å²) in [5.74, 6) is -29.9. The largest absolute Gasteiger partial charge is 0.477 e. The minimum atomic E-state index is -6.78. The molecule has 0 saturated carbocycles. The van der Waals surface area contributed by atoms with Crippen LogP contribution in [0, 0.1) is 7.14 Å². The lowest BCUT2D eigenvalue weighted by molar-refractivity contribution is -0.297.